The van der Waals surface area contributed by atoms with E-state index in [-0.39, 0.29) is 17.5 Å². The number of carbonyl (C=O) groups excluding carboxylic acids is 1. The summed E-state index contributed by atoms with van der Waals surface area (Å²) in [6.45, 7) is 4.96. The van der Waals surface area contributed by atoms with E-state index in [1.54, 1.807) is 13.2 Å². The Hall–Kier alpha value is -2.43. The van der Waals surface area contributed by atoms with Gasteiger partial charge in [-0.15, -0.1) is 15.3 Å². The van der Waals surface area contributed by atoms with Gasteiger partial charge in [0.1, 0.15) is 5.82 Å². The first-order valence-electron chi connectivity index (χ1n) is 10.2. The highest BCUT2D eigenvalue weighted by Gasteiger charge is 2.38. The zero-order chi connectivity index (χ0) is 21.7. The highest BCUT2D eigenvalue weighted by Crippen LogP contribution is 2.29. The molecule has 0 unspecified atom stereocenters. The second kappa shape index (κ2) is 9.59. The third kappa shape index (κ3) is 5.00. The summed E-state index contributed by atoms with van der Waals surface area (Å²) >= 11 is 0. The lowest BCUT2D eigenvalue weighted by Crippen LogP contribution is -2.44. The third-order valence-corrected chi connectivity index (χ3v) is 5.33. The topological polar surface area (TPSA) is 75.9 Å². The maximum atomic E-state index is 13.1. The Morgan fingerprint density at radius 3 is 2.60 bits per heavy atom. The molecule has 0 atom stereocenters. The van der Waals surface area contributed by atoms with Crippen LogP contribution in [0.15, 0.2) is 12.1 Å². The zero-order valence-corrected chi connectivity index (χ0v) is 17.2. The molecule has 3 rings (SSSR count). The van der Waals surface area contributed by atoms with Crippen molar-refractivity contribution in [1.29, 1.82) is 0 Å². The SMILES string of the molecule is CCCCN(CCOC)C(=O)C1CCN(c2ccc3nnc(C(F)(F)F)n3n2)CC1. The fourth-order valence-electron chi connectivity index (χ4n) is 3.62. The number of methoxy groups -OCH3 is 1. The van der Waals surface area contributed by atoms with Crippen molar-refractivity contribution in [3.8, 4) is 0 Å². The Morgan fingerprint density at radius 1 is 1.23 bits per heavy atom. The molecule has 0 bridgehead atoms. The van der Waals surface area contributed by atoms with E-state index >= 15 is 0 Å². The predicted octanol–water partition coefficient (Wildman–Crippen LogP) is 2.63. The van der Waals surface area contributed by atoms with Gasteiger partial charge in [0.15, 0.2) is 5.65 Å². The van der Waals surface area contributed by atoms with E-state index in [1.165, 1.54) is 6.07 Å². The lowest BCUT2D eigenvalue weighted by atomic mass is 9.95. The number of anilines is 1. The summed E-state index contributed by atoms with van der Waals surface area (Å²) < 4.78 is 45.1. The number of hydrogen-bond donors (Lipinski definition) is 0. The number of ether oxygens (including phenoxy) is 1. The fraction of sp³-hybridized carbons (Fsp3) is 0.684. The van der Waals surface area contributed by atoms with Gasteiger partial charge in [-0.25, -0.2) is 0 Å². The summed E-state index contributed by atoms with van der Waals surface area (Å²) in [6, 6.07) is 3.11. The van der Waals surface area contributed by atoms with Gasteiger partial charge < -0.3 is 14.5 Å². The molecular formula is C19H27F3N6O2. The van der Waals surface area contributed by atoms with E-state index in [0.717, 1.165) is 17.4 Å². The second-order valence-corrected chi connectivity index (χ2v) is 7.42. The first-order valence-corrected chi connectivity index (χ1v) is 10.2. The summed E-state index contributed by atoms with van der Waals surface area (Å²) in [5, 5.41) is 10.8. The molecule has 1 fully saturated rings. The lowest BCUT2D eigenvalue weighted by Gasteiger charge is -2.34. The van der Waals surface area contributed by atoms with Crippen molar-refractivity contribution < 1.29 is 22.7 Å². The number of amides is 1. The second-order valence-electron chi connectivity index (χ2n) is 7.42. The molecule has 0 radical (unpaired) electrons. The number of aromatic nitrogens is 4. The van der Waals surface area contributed by atoms with Gasteiger partial charge in [0.2, 0.25) is 5.91 Å². The number of fused-ring (bicyclic) bond motifs is 1. The number of nitrogens with zero attached hydrogens (tertiary/aromatic N) is 6. The van der Waals surface area contributed by atoms with Crippen LogP contribution < -0.4 is 4.90 Å². The molecule has 1 aliphatic rings. The molecule has 3 heterocycles. The molecule has 30 heavy (non-hydrogen) atoms. The number of piperidine rings is 1. The quantitative estimate of drug-likeness (QED) is 0.644. The monoisotopic (exact) mass is 428 g/mol. The number of carbonyl (C=O) groups is 1. The van der Waals surface area contributed by atoms with E-state index in [0.29, 0.717) is 51.4 Å². The minimum absolute atomic E-state index is 0.0425. The summed E-state index contributed by atoms with van der Waals surface area (Å²) in [7, 11) is 1.62. The van der Waals surface area contributed by atoms with Crippen molar-refractivity contribution in [2.45, 2.75) is 38.8 Å². The minimum Gasteiger partial charge on any atom is -0.383 e. The van der Waals surface area contributed by atoms with Gasteiger partial charge in [0.05, 0.1) is 6.61 Å². The normalized spacial score (nSPS) is 15.7. The molecule has 1 amide bonds. The summed E-state index contributed by atoms with van der Waals surface area (Å²) in [5.41, 5.74) is 0.0425. The number of unbranched alkanes of at least 4 members (excludes halogenated alkanes) is 1. The van der Waals surface area contributed by atoms with Crippen LogP contribution in [0.1, 0.15) is 38.4 Å². The standard InChI is InChI=1S/C19H27F3N6O2/c1-3-4-9-27(12-13-30-2)17(29)14-7-10-26(11-8-14)16-6-5-15-23-24-18(19(20,21)22)28(15)25-16/h5-6,14H,3-4,7-13H2,1-2H3. The van der Waals surface area contributed by atoms with Crippen LogP contribution in [0, 0.1) is 5.92 Å². The molecule has 1 saturated heterocycles. The molecule has 2 aromatic heterocycles. The van der Waals surface area contributed by atoms with Crippen LogP contribution in [0.2, 0.25) is 0 Å². The van der Waals surface area contributed by atoms with Crippen LogP contribution in [0.5, 0.6) is 0 Å². The van der Waals surface area contributed by atoms with Crippen LogP contribution in [-0.2, 0) is 15.7 Å². The molecule has 1 aliphatic heterocycles. The predicted molar refractivity (Wildman–Crippen MR) is 104 cm³/mol. The lowest BCUT2D eigenvalue weighted by molar-refractivity contribution is -0.146. The van der Waals surface area contributed by atoms with Crippen molar-refractivity contribution in [3.63, 3.8) is 0 Å². The fourth-order valence-corrected chi connectivity index (χ4v) is 3.62. The molecule has 0 saturated carbocycles. The Bertz CT molecular complexity index is 840. The third-order valence-electron chi connectivity index (χ3n) is 5.33. The first kappa shape index (κ1) is 22.3. The minimum atomic E-state index is -4.63. The molecular weight excluding hydrogens is 401 g/mol. The van der Waals surface area contributed by atoms with Crippen LogP contribution in [-0.4, -0.2) is 70.5 Å². The summed E-state index contributed by atoms with van der Waals surface area (Å²) in [6.07, 6.45) is -1.43. The molecule has 8 nitrogen and oxygen atoms in total. The molecule has 0 N–H and O–H groups in total. The molecule has 0 aliphatic carbocycles. The molecule has 0 spiro atoms. The van der Waals surface area contributed by atoms with E-state index < -0.39 is 12.0 Å². The van der Waals surface area contributed by atoms with E-state index in [2.05, 4.69) is 22.2 Å². The van der Waals surface area contributed by atoms with E-state index in [9.17, 15) is 18.0 Å². The van der Waals surface area contributed by atoms with Gasteiger partial charge in [0, 0.05) is 39.2 Å². The van der Waals surface area contributed by atoms with Crippen LogP contribution >= 0.6 is 0 Å². The van der Waals surface area contributed by atoms with Crippen LogP contribution in [0.25, 0.3) is 5.65 Å². The number of hydrogen-bond acceptors (Lipinski definition) is 6. The Balaban J connectivity index is 1.66. The van der Waals surface area contributed by atoms with Crippen molar-refractivity contribution in [1.82, 2.24) is 24.7 Å². The molecule has 11 heteroatoms. The number of rotatable bonds is 8. The smallest absolute Gasteiger partial charge is 0.383 e. The number of alkyl halides is 3. The average molecular weight is 428 g/mol. The molecule has 166 valence electrons. The van der Waals surface area contributed by atoms with Gasteiger partial charge in [0.25, 0.3) is 5.82 Å². The van der Waals surface area contributed by atoms with Crippen LogP contribution in [0.3, 0.4) is 0 Å². The highest BCUT2D eigenvalue weighted by molar-refractivity contribution is 5.79. The maximum absolute atomic E-state index is 13.1. The Labute approximate surface area is 173 Å². The van der Waals surface area contributed by atoms with Crippen molar-refractivity contribution in [3.05, 3.63) is 18.0 Å². The Kier molecular flexibility index (Phi) is 7.11. The van der Waals surface area contributed by atoms with Gasteiger partial charge in [-0.2, -0.15) is 17.7 Å². The van der Waals surface area contributed by atoms with Crippen molar-refractivity contribution in [2.75, 3.05) is 44.8 Å². The molecule has 0 aromatic carbocycles. The zero-order valence-electron chi connectivity index (χ0n) is 17.2. The van der Waals surface area contributed by atoms with Gasteiger partial charge in [-0.1, -0.05) is 13.3 Å². The Morgan fingerprint density at radius 2 is 1.97 bits per heavy atom. The average Bonchev–Trinajstić information content (AvgIpc) is 3.17. The van der Waals surface area contributed by atoms with E-state index in [1.807, 2.05) is 9.80 Å². The largest absolute Gasteiger partial charge is 0.453 e. The highest BCUT2D eigenvalue weighted by atomic mass is 19.4. The van der Waals surface area contributed by atoms with E-state index in [4.69, 9.17) is 4.74 Å². The first-order chi connectivity index (χ1) is 14.3. The van der Waals surface area contributed by atoms with Gasteiger partial charge >= 0.3 is 6.18 Å². The van der Waals surface area contributed by atoms with Crippen LogP contribution in [0.4, 0.5) is 19.0 Å². The van der Waals surface area contributed by atoms with Crippen molar-refractivity contribution >= 4 is 17.4 Å². The molecule has 2 aromatic rings. The van der Waals surface area contributed by atoms with Gasteiger partial charge in [-0.3, -0.25) is 4.79 Å². The maximum Gasteiger partial charge on any atom is 0.453 e. The number of halogens is 3. The van der Waals surface area contributed by atoms with Crippen molar-refractivity contribution in [2.24, 2.45) is 5.92 Å². The summed E-state index contributed by atoms with van der Waals surface area (Å²) in [5.74, 6) is -0.698. The van der Waals surface area contributed by atoms with Gasteiger partial charge in [-0.05, 0) is 31.4 Å². The summed E-state index contributed by atoms with van der Waals surface area (Å²) in [4.78, 5) is 16.7.